The number of hydrogen-bond donors (Lipinski definition) is 3. The van der Waals surface area contributed by atoms with Crippen molar-refractivity contribution in [3.63, 3.8) is 0 Å². The molecule has 0 aliphatic heterocycles. The van der Waals surface area contributed by atoms with Crippen molar-refractivity contribution in [2.45, 2.75) is 37.8 Å². The summed E-state index contributed by atoms with van der Waals surface area (Å²) < 4.78 is 36.4. The van der Waals surface area contributed by atoms with Crippen molar-refractivity contribution in [1.82, 2.24) is 5.32 Å². The number of nitrogens with two attached hydrogens (primary N) is 1. The number of rotatable bonds is 6. The molecule has 0 unspecified atom stereocenters. The number of alkyl halides is 3. The summed E-state index contributed by atoms with van der Waals surface area (Å²) >= 11 is 1.22. The first-order chi connectivity index (χ1) is 9.83. The van der Waals surface area contributed by atoms with E-state index in [0.717, 1.165) is 23.4 Å². The molecule has 1 aliphatic rings. The van der Waals surface area contributed by atoms with Crippen LogP contribution < -0.4 is 16.4 Å². The van der Waals surface area contributed by atoms with Gasteiger partial charge in [0, 0.05) is 25.6 Å². The average Bonchev–Trinajstić information content (AvgIpc) is 3.18. The molecule has 0 radical (unpaired) electrons. The van der Waals surface area contributed by atoms with Gasteiger partial charge in [-0.1, -0.05) is 0 Å². The molecule has 1 aliphatic carbocycles. The normalized spacial score (nSPS) is 15.0. The van der Waals surface area contributed by atoms with Gasteiger partial charge >= 0.3 is 6.18 Å². The monoisotopic (exact) mass is 321 g/mol. The van der Waals surface area contributed by atoms with Gasteiger partial charge in [-0.25, -0.2) is 0 Å². The number of hydrogen-bond acceptors (Lipinski definition) is 4. The van der Waals surface area contributed by atoms with Crippen LogP contribution in [0.25, 0.3) is 0 Å². The predicted octanol–water partition coefficient (Wildman–Crippen LogP) is 3.32. The zero-order valence-corrected chi connectivity index (χ0v) is 12.5. The molecular weight excluding hydrogens is 303 g/mol. The van der Waals surface area contributed by atoms with Crippen molar-refractivity contribution >= 4 is 27.9 Å². The molecule has 4 N–H and O–H groups in total. The standard InChI is InChI=1S/C13H18F3N3OS/c1-18-11(20)10-9(17)8(7-3-4-7)12(21-10)19-6-2-5-13(14,15)16/h7,19H,2-6,17H2,1H3,(H,18,20). The Kier molecular flexibility index (Phi) is 4.65. The van der Waals surface area contributed by atoms with E-state index >= 15 is 0 Å². The molecule has 21 heavy (non-hydrogen) atoms. The summed E-state index contributed by atoms with van der Waals surface area (Å²) in [5.74, 6) is 0.0625. The first kappa shape index (κ1) is 15.9. The highest BCUT2D eigenvalue weighted by Gasteiger charge is 2.33. The number of halogens is 3. The highest BCUT2D eigenvalue weighted by Crippen LogP contribution is 2.50. The smallest absolute Gasteiger partial charge is 0.389 e. The van der Waals surface area contributed by atoms with Crippen LogP contribution in [0.5, 0.6) is 0 Å². The minimum absolute atomic E-state index is 0.000713. The van der Waals surface area contributed by atoms with Crippen LogP contribution in [0, 0.1) is 0 Å². The van der Waals surface area contributed by atoms with Crippen molar-refractivity contribution in [3.8, 4) is 0 Å². The molecule has 0 saturated heterocycles. The summed E-state index contributed by atoms with van der Waals surface area (Å²) in [6, 6.07) is 0. The minimum atomic E-state index is -4.14. The van der Waals surface area contributed by atoms with E-state index in [0.29, 0.717) is 16.5 Å². The Labute approximate surface area is 124 Å². The molecule has 1 aromatic rings. The van der Waals surface area contributed by atoms with Gasteiger partial charge in [0.2, 0.25) is 0 Å². The summed E-state index contributed by atoms with van der Waals surface area (Å²) in [4.78, 5) is 12.2. The summed E-state index contributed by atoms with van der Waals surface area (Å²) in [6.07, 6.45) is -2.94. The first-order valence-electron chi connectivity index (χ1n) is 6.78. The van der Waals surface area contributed by atoms with Crippen LogP contribution in [0.1, 0.15) is 46.8 Å². The number of anilines is 2. The molecule has 1 aromatic heterocycles. The Morgan fingerprint density at radius 2 is 2.10 bits per heavy atom. The number of nitrogens with one attached hydrogen (secondary N) is 2. The van der Waals surface area contributed by atoms with Crippen LogP contribution >= 0.6 is 11.3 Å². The number of carbonyl (C=O) groups is 1. The van der Waals surface area contributed by atoms with Gasteiger partial charge in [0.15, 0.2) is 0 Å². The maximum Gasteiger partial charge on any atom is 0.389 e. The Bertz CT molecular complexity index is 523. The fourth-order valence-corrected chi connectivity index (χ4v) is 3.32. The molecule has 1 heterocycles. The summed E-state index contributed by atoms with van der Waals surface area (Å²) in [7, 11) is 1.52. The lowest BCUT2D eigenvalue weighted by atomic mass is 10.1. The Balaban J connectivity index is 2.06. The molecule has 1 fully saturated rings. The van der Waals surface area contributed by atoms with Crippen LogP contribution in [0.15, 0.2) is 0 Å². The topological polar surface area (TPSA) is 67.2 Å². The molecule has 2 rings (SSSR count). The van der Waals surface area contributed by atoms with Gasteiger partial charge in [0.05, 0.1) is 10.7 Å². The molecule has 0 aromatic carbocycles. The van der Waals surface area contributed by atoms with E-state index in [9.17, 15) is 18.0 Å². The number of thiophene rings is 1. The predicted molar refractivity (Wildman–Crippen MR) is 77.9 cm³/mol. The zero-order chi connectivity index (χ0) is 15.6. The van der Waals surface area contributed by atoms with E-state index in [-0.39, 0.29) is 18.9 Å². The van der Waals surface area contributed by atoms with Gasteiger partial charge < -0.3 is 16.4 Å². The summed E-state index contributed by atoms with van der Waals surface area (Å²) in [5, 5.41) is 6.26. The molecule has 0 spiro atoms. The van der Waals surface area contributed by atoms with Crippen molar-refractivity contribution in [3.05, 3.63) is 10.4 Å². The fraction of sp³-hybridized carbons (Fsp3) is 0.615. The molecule has 118 valence electrons. The Morgan fingerprint density at radius 1 is 1.43 bits per heavy atom. The molecule has 1 saturated carbocycles. The SMILES string of the molecule is CNC(=O)c1sc(NCCCC(F)(F)F)c(C2CC2)c1N. The largest absolute Gasteiger partial charge is 0.397 e. The number of amides is 1. The van der Waals surface area contributed by atoms with Crippen molar-refractivity contribution in [2.75, 3.05) is 24.6 Å². The van der Waals surface area contributed by atoms with Gasteiger partial charge in [0.1, 0.15) is 4.88 Å². The average molecular weight is 321 g/mol. The molecule has 4 nitrogen and oxygen atoms in total. The number of nitrogen functional groups attached to an aromatic ring is 1. The number of carbonyl (C=O) groups excluding carboxylic acids is 1. The van der Waals surface area contributed by atoms with E-state index in [1.807, 2.05) is 0 Å². The van der Waals surface area contributed by atoms with Gasteiger partial charge in [0.25, 0.3) is 5.91 Å². The lowest BCUT2D eigenvalue weighted by Gasteiger charge is -2.09. The maximum absolute atomic E-state index is 12.1. The van der Waals surface area contributed by atoms with Crippen LogP contribution in [0.3, 0.4) is 0 Å². The molecular formula is C13H18F3N3OS. The maximum atomic E-state index is 12.1. The fourth-order valence-electron chi connectivity index (χ4n) is 2.14. The van der Waals surface area contributed by atoms with E-state index in [2.05, 4.69) is 10.6 Å². The minimum Gasteiger partial charge on any atom is -0.397 e. The van der Waals surface area contributed by atoms with Crippen molar-refractivity contribution in [2.24, 2.45) is 0 Å². The van der Waals surface area contributed by atoms with Gasteiger partial charge in [-0.05, 0) is 25.2 Å². The zero-order valence-electron chi connectivity index (χ0n) is 11.6. The second kappa shape index (κ2) is 6.13. The third-order valence-corrected chi connectivity index (χ3v) is 4.50. The first-order valence-corrected chi connectivity index (χ1v) is 7.60. The lowest BCUT2D eigenvalue weighted by molar-refractivity contribution is -0.134. The highest BCUT2D eigenvalue weighted by molar-refractivity contribution is 7.18. The Hall–Kier alpha value is -1.44. The highest BCUT2D eigenvalue weighted by atomic mass is 32.1. The van der Waals surface area contributed by atoms with Crippen LogP contribution in [-0.2, 0) is 0 Å². The van der Waals surface area contributed by atoms with Crippen LogP contribution in [0.4, 0.5) is 23.9 Å². The molecule has 8 heteroatoms. The Morgan fingerprint density at radius 3 is 2.62 bits per heavy atom. The van der Waals surface area contributed by atoms with Crippen LogP contribution in [-0.4, -0.2) is 25.7 Å². The lowest BCUT2D eigenvalue weighted by Crippen LogP contribution is -2.17. The van der Waals surface area contributed by atoms with Gasteiger partial charge in [-0.2, -0.15) is 13.2 Å². The molecule has 1 amide bonds. The van der Waals surface area contributed by atoms with Gasteiger partial charge in [-0.15, -0.1) is 11.3 Å². The second-order valence-corrected chi connectivity index (χ2v) is 6.11. The quantitative estimate of drug-likeness (QED) is 0.704. The third-order valence-electron chi connectivity index (χ3n) is 3.33. The van der Waals surface area contributed by atoms with E-state index in [1.54, 1.807) is 0 Å². The summed E-state index contributed by atoms with van der Waals surface area (Å²) in [6.45, 7) is 0.215. The third kappa shape index (κ3) is 4.03. The summed E-state index contributed by atoms with van der Waals surface area (Å²) in [5.41, 5.74) is 7.38. The molecule has 0 atom stereocenters. The van der Waals surface area contributed by atoms with E-state index < -0.39 is 12.6 Å². The second-order valence-electron chi connectivity index (χ2n) is 5.09. The van der Waals surface area contributed by atoms with Gasteiger partial charge in [-0.3, -0.25) is 4.79 Å². The van der Waals surface area contributed by atoms with Crippen LogP contribution in [0.2, 0.25) is 0 Å². The molecule has 0 bridgehead atoms. The van der Waals surface area contributed by atoms with E-state index in [4.69, 9.17) is 5.73 Å². The van der Waals surface area contributed by atoms with Crippen molar-refractivity contribution in [1.29, 1.82) is 0 Å². The van der Waals surface area contributed by atoms with E-state index in [1.165, 1.54) is 18.4 Å². The van der Waals surface area contributed by atoms with Crippen molar-refractivity contribution < 1.29 is 18.0 Å².